The maximum absolute atomic E-state index is 13.4. The highest BCUT2D eigenvalue weighted by Crippen LogP contribution is 2.20. The lowest BCUT2D eigenvalue weighted by atomic mass is 10.1. The Kier molecular flexibility index (Phi) is 4.51. The number of nitriles is 1. The van der Waals surface area contributed by atoms with Crippen molar-refractivity contribution in [3.63, 3.8) is 0 Å². The van der Waals surface area contributed by atoms with Gasteiger partial charge in [-0.2, -0.15) is 5.26 Å². The predicted molar refractivity (Wildman–Crippen MR) is 106 cm³/mol. The third kappa shape index (κ3) is 3.78. The number of nitrogens with zero attached hydrogens (tertiary/aromatic N) is 3. The molecule has 0 aliphatic heterocycles. The second-order valence-electron chi connectivity index (χ2n) is 6.31. The van der Waals surface area contributed by atoms with Crippen molar-refractivity contribution in [2.24, 2.45) is 4.99 Å². The van der Waals surface area contributed by atoms with Crippen LogP contribution in [0.3, 0.4) is 0 Å². The molecule has 0 atom stereocenters. The molecule has 0 saturated carbocycles. The molecule has 4 heteroatoms. The molecular formula is C23H16FN3. The Labute approximate surface area is 156 Å². The third-order valence-corrected chi connectivity index (χ3v) is 4.40. The molecule has 1 aromatic heterocycles. The largest absolute Gasteiger partial charge is 0.343 e. The topological polar surface area (TPSA) is 41.1 Å². The molecule has 4 rings (SSSR count). The molecule has 0 unspecified atom stereocenters. The van der Waals surface area contributed by atoms with Crippen molar-refractivity contribution in [3.05, 3.63) is 102 Å². The van der Waals surface area contributed by atoms with Gasteiger partial charge in [-0.25, -0.2) is 4.39 Å². The van der Waals surface area contributed by atoms with Crippen LogP contribution in [0.2, 0.25) is 0 Å². The van der Waals surface area contributed by atoms with Crippen molar-refractivity contribution in [1.82, 2.24) is 4.57 Å². The molecule has 0 N–H and O–H groups in total. The number of hydrogen-bond acceptors (Lipinski definition) is 2. The van der Waals surface area contributed by atoms with Gasteiger partial charge in [-0.15, -0.1) is 0 Å². The first-order valence-corrected chi connectivity index (χ1v) is 8.59. The highest BCUT2D eigenvalue weighted by atomic mass is 19.1. The van der Waals surface area contributed by atoms with Gasteiger partial charge in [0.1, 0.15) is 5.82 Å². The second-order valence-corrected chi connectivity index (χ2v) is 6.31. The number of fused-ring (bicyclic) bond motifs is 1. The zero-order valence-corrected chi connectivity index (χ0v) is 14.5. The van der Waals surface area contributed by atoms with Crippen molar-refractivity contribution in [2.45, 2.75) is 6.54 Å². The van der Waals surface area contributed by atoms with Crippen molar-refractivity contribution < 1.29 is 4.39 Å². The quantitative estimate of drug-likeness (QED) is 0.450. The second kappa shape index (κ2) is 7.27. The summed E-state index contributed by atoms with van der Waals surface area (Å²) < 4.78 is 15.5. The summed E-state index contributed by atoms with van der Waals surface area (Å²) in [5, 5.41) is 9.94. The van der Waals surface area contributed by atoms with Gasteiger partial charge in [0.25, 0.3) is 0 Å². The molecule has 3 nitrogen and oxygen atoms in total. The SMILES string of the molecule is N#Cc1ccc(N=Cc2ccc3c(ccn3Cc3cccc(F)c3)c2)cc1. The Bertz CT molecular complexity index is 1160. The van der Waals surface area contributed by atoms with E-state index in [2.05, 4.69) is 27.8 Å². The summed E-state index contributed by atoms with van der Waals surface area (Å²) >= 11 is 0. The van der Waals surface area contributed by atoms with Gasteiger partial charge in [-0.05, 0) is 65.7 Å². The summed E-state index contributed by atoms with van der Waals surface area (Å²) in [6, 6.07) is 24.1. The zero-order chi connectivity index (χ0) is 18.6. The Morgan fingerprint density at radius 2 is 1.85 bits per heavy atom. The molecule has 0 amide bonds. The number of aliphatic imine (C=N–C) groups is 1. The monoisotopic (exact) mass is 353 g/mol. The summed E-state index contributed by atoms with van der Waals surface area (Å²) in [7, 11) is 0. The molecule has 0 fully saturated rings. The fourth-order valence-electron chi connectivity index (χ4n) is 3.04. The van der Waals surface area contributed by atoms with Gasteiger partial charge >= 0.3 is 0 Å². The fourth-order valence-corrected chi connectivity index (χ4v) is 3.04. The molecular weight excluding hydrogens is 337 g/mol. The normalized spacial score (nSPS) is 11.1. The Balaban J connectivity index is 1.56. The van der Waals surface area contributed by atoms with E-state index < -0.39 is 0 Å². The smallest absolute Gasteiger partial charge is 0.123 e. The summed E-state index contributed by atoms with van der Waals surface area (Å²) in [4.78, 5) is 4.46. The maximum Gasteiger partial charge on any atom is 0.123 e. The molecule has 0 saturated heterocycles. The molecule has 0 bridgehead atoms. The minimum atomic E-state index is -0.217. The zero-order valence-electron chi connectivity index (χ0n) is 14.5. The number of aromatic nitrogens is 1. The van der Waals surface area contributed by atoms with Crippen LogP contribution < -0.4 is 0 Å². The van der Waals surface area contributed by atoms with E-state index in [9.17, 15) is 4.39 Å². The number of hydrogen-bond donors (Lipinski definition) is 0. The molecule has 0 radical (unpaired) electrons. The van der Waals surface area contributed by atoms with Gasteiger partial charge in [-0.1, -0.05) is 18.2 Å². The molecule has 4 aromatic rings. The lowest BCUT2D eigenvalue weighted by molar-refractivity contribution is 0.624. The highest BCUT2D eigenvalue weighted by Gasteiger charge is 2.03. The third-order valence-electron chi connectivity index (χ3n) is 4.40. The minimum Gasteiger partial charge on any atom is -0.343 e. The van der Waals surface area contributed by atoms with E-state index in [-0.39, 0.29) is 5.82 Å². The van der Waals surface area contributed by atoms with Crippen LogP contribution in [0.25, 0.3) is 10.9 Å². The first-order chi connectivity index (χ1) is 13.2. The van der Waals surface area contributed by atoms with Gasteiger partial charge in [-0.3, -0.25) is 4.99 Å². The summed E-state index contributed by atoms with van der Waals surface area (Å²) in [6.45, 7) is 0.625. The Morgan fingerprint density at radius 1 is 1.00 bits per heavy atom. The number of benzene rings is 3. The van der Waals surface area contributed by atoms with Crippen LogP contribution in [-0.2, 0) is 6.54 Å². The molecule has 0 aliphatic rings. The summed E-state index contributed by atoms with van der Waals surface area (Å²) in [6.07, 6.45) is 3.82. The molecule has 130 valence electrons. The van der Waals surface area contributed by atoms with Crippen LogP contribution in [0.1, 0.15) is 16.7 Å². The summed E-state index contributed by atoms with van der Waals surface area (Å²) in [5.74, 6) is -0.217. The average molecular weight is 353 g/mol. The lowest BCUT2D eigenvalue weighted by Gasteiger charge is -2.06. The first-order valence-electron chi connectivity index (χ1n) is 8.59. The van der Waals surface area contributed by atoms with Gasteiger partial charge in [0.15, 0.2) is 0 Å². The Hall–Kier alpha value is -3.71. The fraction of sp³-hybridized carbons (Fsp3) is 0.0435. The van der Waals surface area contributed by atoms with Crippen molar-refractivity contribution in [2.75, 3.05) is 0 Å². The molecule has 0 aliphatic carbocycles. The molecule has 0 spiro atoms. The van der Waals surface area contributed by atoms with E-state index in [4.69, 9.17) is 5.26 Å². The van der Waals surface area contributed by atoms with Crippen LogP contribution in [0.5, 0.6) is 0 Å². The first kappa shape index (κ1) is 16.7. The van der Waals surface area contributed by atoms with Crippen molar-refractivity contribution in [3.8, 4) is 6.07 Å². The molecule has 3 aromatic carbocycles. The average Bonchev–Trinajstić information content (AvgIpc) is 3.09. The predicted octanol–water partition coefficient (Wildman–Crippen LogP) is 5.45. The van der Waals surface area contributed by atoms with Gasteiger partial charge in [0.2, 0.25) is 0 Å². The number of halogens is 1. The van der Waals surface area contributed by atoms with E-state index in [0.29, 0.717) is 12.1 Å². The molecule has 27 heavy (non-hydrogen) atoms. The highest BCUT2D eigenvalue weighted by molar-refractivity contribution is 5.90. The molecule has 1 heterocycles. The van der Waals surface area contributed by atoms with Crippen LogP contribution in [0, 0.1) is 17.1 Å². The lowest BCUT2D eigenvalue weighted by Crippen LogP contribution is -1.98. The van der Waals surface area contributed by atoms with Gasteiger partial charge in [0.05, 0.1) is 17.3 Å². The van der Waals surface area contributed by atoms with Crippen molar-refractivity contribution in [1.29, 1.82) is 5.26 Å². The van der Waals surface area contributed by atoms with Crippen LogP contribution in [0.15, 0.2) is 84.0 Å². The number of rotatable bonds is 4. The van der Waals surface area contributed by atoms with Crippen LogP contribution in [-0.4, -0.2) is 10.8 Å². The van der Waals surface area contributed by atoms with E-state index >= 15 is 0 Å². The maximum atomic E-state index is 13.4. The standard InChI is InChI=1S/C23H16FN3/c24-21-3-1-2-19(13-21)16-27-11-10-20-12-18(6-9-23(20)27)15-26-22-7-4-17(14-25)5-8-22/h1-13,15H,16H2. The van der Waals surface area contributed by atoms with Crippen LogP contribution >= 0.6 is 0 Å². The van der Waals surface area contributed by atoms with E-state index in [0.717, 1.165) is 27.7 Å². The van der Waals surface area contributed by atoms with Crippen LogP contribution in [0.4, 0.5) is 10.1 Å². The van der Waals surface area contributed by atoms with Crippen molar-refractivity contribution >= 4 is 22.8 Å². The minimum absolute atomic E-state index is 0.217. The van der Waals surface area contributed by atoms with Gasteiger partial charge in [0, 0.05) is 29.9 Å². The summed E-state index contributed by atoms with van der Waals surface area (Å²) in [5.41, 5.74) is 4.44. The van der Waals surface area contributed by atoms with Gasteiger partial charge < -0.3 is 4.57 Å². The van der Waals surface area contributed by atoms with E-state index in [1.54, 1.807) is 24.3 Å². The van der Waals surface area contributed by atoms with E-state index in [1.165, 1.54) is 6.07 Å². The Morgan fingerprint density at radius 3 is 2.63 bits per heavy atom. The van der Waals surface area contributed by atoms with E-state index in [1.807, 2.05) is 42.7 Å².